The van der Waals surface area contributed by atoms with E-state index in [1.807, 2.05) is 0 Å². The van der Waals surface area contributed by atoms with Crippen LogP contribution in [0.25, 0.3) is 0 Å². The van der Waals surface area contributed by atoms with Crippen LogP contribution in [-0.4, -0.2) is 7.11 Å². The van der Waals surface area contributed by atoms with Crippen LogP contribution in [0.4, 0.5) is 8.78 Å². The quantitative estimate of drug-likeness (QED) is 0.548. The van der Waals surface area contributed by atoms with Crippen LogP contribution in [0.2, 0.25) is 0 Å². The number of nitrogens with two attached hydrogens (primary N) is 1. The molecule has 0 saturated heterocycles. The maximum Gasteiger partial charge on any atom is 0.200 e. The number of methoxy groups -OCH3 is 1. The summed E-state index contributed by atoms with van der Waals surface area (Å²) in [6, 6.07) is 2.45. The molecule has 0 spiro atoms. The van der Waals surface area contributed by atoms with Crippen molar-refractivity contribution in [1.82, 2.24) is 5.43 Å². The molecule has 0 aliphatic heterocycles. The molecule has 13 heavy (non-hydrogen) atoms. The fraction of sp³-hybridized carbons (Fsp3) is 0.250. The van der Waals surface area contributed by atoms with Crippen molar-refractivity contribution in [3.63, 3.8) is 0 Å². The van der Waals surface area contributed by atoms with E-state index in [2.05, 4.69) is 5.43 Å². The minimum Gasteiger partial charge on any atom is -0.493 e. The molecule has 0 amide bonds. The monoisotopic (exact) mass is 188 g/mol. The normalized spacial score (nSPS) is 10.2. The van der Waals surface area contributed by atoms with E-state index < -0.39 is 11.6 Å². The molecular weight excluding hydrogens is 178 g/mol. The van der Waals surface area contributed by atoms with Crippen LogP contribution in [0.5, 0.6) is 5.75 Å². The van der Waals surface area contributed by atoms with Gasteiger partial charge in [0.25, 0.3) is 0 Å². The van der Waals surface area contributed by atoms with Gasteiger partial charge in [0.2, 0.25) is 5.82 Å². The lowest BCUT2D eigenvalue weighted by molar-refractivity contribution is 0.365. The third-order valence-corrected chi connectivity index (χ3v) is 1.63. The third-order valence-electron chi connectivity index (χ3n) is 1.63. The standard InChI is InChI=1S/C8H10F2N2O/c1-13-8-5(4-12-11)2-3-6(9)7(8)10/h2-3,12H,4,11H2,1H3. The molecule has 0 unspecified atom stereocenters. The summed E-state index contributed by atoms with van der Waals surface area (Å²) in [6.07, 6.45) is 0. The summed E-state index contributed by atoms with van der Waals surface area (Å²) < 4.78 is 30.4. The lowest BCUT2D eigenvalue weighted by atomic mass is 10.2. The number of rotatable bonds is 3. The maximum absolute atomic E-state index is 13.0. The van der Waals surface area contributed by atoms with E-state index in [1.165, 1.54) is 13.2 Å². The molecule has 0 atom stereocenters. The molecule has 72 valence electrons. The fourth-order valence-electron chi connectivity index (χ4n) is 1.04. The first-order valence-electron chi connectivity index (χ1n) is 3.65. The van der Waals surface area contributed by atoms with E-state index in [-0.39, 0.29) is 12.3 Å². The first kappa shape index (κ1) is 9.88. The van der Waals surface area contributed by atoms with Crippen molar-refractivity contribution in [3.8, 4) is 5.75 Å². The summed E-state index contributed by atoms with van der Waals surface area (Å²) in [5, 5.41) is 0. The summed E-state index contributed by atoms with van der Waals surface area (Å²) in [5.74, 6) is 3.01. The Labute approximate surface area is 74.5 Å². The zero-order valence-electron chi connectivity index (χ0n) is 7.10. The van der Waals surface area contributed by atoms with E-state index in [0.29, 0.717) is 5.56 Å². The van der Waals surface area contributed by atoms with Gasteiger partial charge in [-0.2, -0.15) is 4.39 Å². The van der Waals surface area contributed by atoms with Crippen LogP contribution in [0.1, 0.15) is 5.56 Å². The highest BCUT2D eigenvalue weighted by Gasteiger charge is 2.12. The van der Waals surface area contributed by atoms with Crippen LogP contribution in [0, 0.1) is 11.6 Å². The number of hydrogen-bond acceptors (Lipinski definition) is 3. The maximum atomic E-state index is 13.0. The number of nitrogens with one attached hydrogen (secondary N) is 1. The van der Waals surface area contributed by atoms with Crippen molar-refractivity contribution in [2.24, 2.45) is 5.84 Å². The molecule has 0 aliphatic rings. The van der Waals surface area contributed by atoms with Gasteiger partial charge in [-0.3, -0.25) is 11.3 Å². The van der Waals surface area contributed by atoms with Crippen LogP contribution < -0.4 is 16.0 Å². The summed E-state index contributed by atoms with van der Waals surface area (Å²) in [5.41, 5.74) is 2.81. The number of hydrogen-bond donors (Lipinski definition) is 2. The van der Waals surface area contributed by atoms with Crippen LogP contribution in [-0.2, 0) is 6.54 Å². The number of ether oxygens (including phenoxy) is 1. The van der Waals surface area contributed by atoms with Gasteiger partial charge in [0, 0.05) is 12.1 Å². The molecule has 3 N–H and O–H groups in total. The van der Waals surface area contributed by atoms with Gasteiger partial charge < -0.3 is 4.74 Å². The predicted octanol–water partition coefficient (Wildman–Crippen LogP) is 0.937. The molecular formula is C8H10F2N2O. The second-order valence-electron chi connectivity index (χ2n) is 2.43. The molecule has 0 radical (unpaired) electrons. The van der Waals surface area contributed by atoms with E-state index in [4.69, 9.17) is 10.6 Å². The zero-order chi connectivity index (χ0) is 9.84. The van der Waals surface area contributed by atoms with Gasteiger partial charge in [-0.25, -0.2) is 4.39 Å². The van der Waals surface area contributed by atoms with Gasteiger partial charge in [-0.15, -0.1) is 0 Å². The molecule has 0 fully saturated rings. The average Bonchev–Trinajstić information content (AvgIpc) is 2.12. The van der Waals surface area contributed by atoms with Crippen LogP contribution >= 0.6 is 0 Å². The molecule has 0 aliphatic carbocycles. The minimum atomic E-state index is -0.991. The SMILES string of the molecule is COc1c(CNN)ccc(F)c1F. The third kappa shape index (κ3) is 1.93. The Morgan fingerprint density at radius 1 is 1.46 bits per heavy atom. The molecule has 0 bridgehead atoms. The number of benzene rings is 1. The van der Waals surface area contributed by atoms with Crippen LogP contribution in [0.15, 0.2) is 12.1 Å². The van der Waals surface area contributed by atoms with Crippen molar-refractivity contribution >= 4 is 0 Å². The predicted molar refractivity (Wildman–Crippen MR) is 43.9 cm³/mol. The van der Waals surface area contributed by atoms with Gasteiger partial charge in [-0.1, -0.05) is 6.07 Å². The number of hydrazine groups is 1. The highest BCUT2D eigenvalue weighted by molar-refractivity contribution is 5.35. The number of halogens is 2. The lowest BCUT2D eigenvalue weighted by Gasteiger charge is -2.08. The summed E-state index contributed by atoms with van der Waals surface area (Å²) in [4.78, 5) is 0. The fourth-order valence-corrected chi connectivity index (χ4v) is 1.04. The zero-order valence-corrected chi connectivity index (χ0v) is 7.10. The molecule has 1 rings (SSSR count). The highest BCUT2D eigenvalue weighted by Crippen LogP contribution is 2.24. The van der Waals surface area contributed by atoms with E-state index in [1.54, 1.807) is 0 Å². The van der Waals surface area contributed by atoms with E-state index >= 15 is 0 Å². The Kier molecular flexibility index (Phi) is 3.16. The summed E-state index contributed by atoms with van der Waals surface area (Å²) >= 11 is 0. The van der Waals surface area contributed by atoms with E-state index in [0.717, 1.165) is 6.07 Å². The highest BCUT2D eigenvalue weighted by atomic mass is 19.2. The Morgan fingerprint density at radius 2 is 2.15 bits per heavy atom. The molecule has 3 nitrogen and oxygen atoms in total. The smallest absolute Gasteiger partial charge is 0.200 e. The Hall–Kier alpha value is -1.20. The Balaban J connectivity index is 3.13. The largest absolute Gasteiger partial charge is 0.493 e. The Bertz CT molecular complexity index is 304. The minimum absolute atomic E-state index is 0.113. The van der Waals surface area contributed by atoms with Crippen molar-refractivity contribution in [3.05, 3.63) is 29.3 Å². The molecule has 1 aromatic carbocycles. The van der Waals surface area contributed by atoms with Gasteiger partial charge in [0.15, 0.2) is 11.6 Å². The average molecular weight is 188 g/mol. The molecule has 0 saturated carbocycles. The van der Waals surface area contributed by atoms with Crippen molar-refractivity contribution < 1.29 is 13.5 Å². The van der Waals surface area contributed by atoms with Gasteiger partial charge in [0.05, 0.1) is 7.11 Å². The second-order valence-corrected chi connectivity index (χ2v) is 2.43. The molecule has 5 heteroatoms. The lowest BCUT2D eigenvalue weighted by Crippen LogP contribution is -2.21. The van der Waals surface area contributed by atoms with Gasteiger partial charge in [-0.05, 0) is 6.07 Å². The van der Waals surface area contributed by atoms with Crippen molar-refractivity contribution in [2.75, 3.05) is 7.11 Å². The van der Waals surface area contributed by atoms with Gasteiger partial charge in [0.1, 0.15) is 0 Å². The second kappa shape index (κ2) is 4.15. The first-order valence-corrected chi connectivity index (χ1v) is 3.65. The summed E-state index contributed by atoms with van der Waals surface area (Å²) in [6.45, 7) is 0.223. The van der Waals surface area contributed by atoms with Crippen molar-refractivity contribution in [2.45, 2.75) is 6.54 Å². The topological polar surface area (TPSA) is 47.3 Å². The molecule has 1 aromatic rings. The Morgan fingerprint density at radius 3 is 2.69 bits per heavy atom. The van der Waals surface area contributed by atoms with Crippen molar-refractivity contribution in [1.29, 1.82) is 0 Å². The molecule has 0 heterocycles. The summed E-state index contributed by atoms with van der Waals surface area (Å²) in [7, 11) is 1.28. The van der Waals surface area contributed by atoms with Gasteiger partial charge >= 0.3 is 0 Å². The first-order chi connectivity index (χ1) is 6.20. The van der Waals surface area contributed by atoms with Crippen LogP contribution in [0.3, 0.4) is 0 Å². The van der Waals surface area contributed by atoms with E-state index in [9.17, 15) is 8.78 Å². The molecule has 0 aromatic heterocycles.